The summed E-state index contributed by atoms with van der Waals surface area (Å²) in [5.41, 5.74) is 0. The molecule has 0 saturated carbocycles. The predicted octanol–water partition coefficient (Wildman–Crippen LogP) is 20.0. The number of esters is 3. The Morgan fingerprint density at radius 3 is 0.849 bits per heavy atom. The Morgan fingerprint density at radius 2 is 0.538 bits per heavy atom. The molecule has 0 aromatic rings. The highest BCUT2D eigenvalue weighted by Crippen LogP contribution is 2.45. The minimum atomic E-state index is -4.94. The van der Waals surface area contributed by atoms with Crippen LogP contribution in [0.4, 0.5) is 0 Å². The van der Waals surface area contributed by atoms with Gasteiger partial charge in [0.1, 0.15) is 25.4 Å². The van der Waals surface area contributed by atoms with Gasteiger partial charge in [-0.15, -0.1) is 0 Å². The van der Waals surface area contributed by atoms with Crippen molar-refractivity contribution in [2.24, 2.45) is 0 Å². The summed E-state index contributed by atoms with van der Waals surface area (Å²) < 4.78 is 61.0. The van der Waals surface area contributed by atoms with E-state index < -0.39 is 91.5 Å². The lowest BCUT2D eigenvalue weighted by Crippen LogP contribution is -2.30. The average Bonchev–Trinajstić information content (AvgIpc) is 3.73. The molecule has 0 aliphatic heterocycles. The molecule has 0 bridgehead atoms. The smallest absolute Gasteiger partial charge is 0.463 e. The summed E-state index contributed by atoms with van der Waals surface area (Å²) in [6, 6.07) is 0. The quantitative estimate of drug-likeness (QED) is 0.0146. The lowest BCUT2D eigenvalue weighted by atomic mass is 10.1. The van der Waals surface area contributed by atoms with Crippen LogP contribution in [0, 0.1) is 0 Å². The number of aliphatic hydroxyl groups excluding tert-OH is 2. The van der Waals surface area contributed by atoms with Gasteiger partial charge in [-0.25, -0.2) is 9.13 Å². The normalized spacial score (nSPS) is 15.0. The summed E-state index contributed by atoms with van der Waals surface area (Å²) in [6.45, 7) is 2.30. The number of rotatable bonds is 66. The first-order valence-electron chi connectivity index (χ1n) is 35.5. The second-order valence-electron chi connectivity index (χ2n) is 23.2. The second kappa shape index (κ2) is 67.7. The maximum absolute atomic E-state index is 12.9. The minimum Gasteiger partial charge on any atom is -0.463 e. The molecule has 532 valence electrons. The third-order valence-corrected chi connectivity index (χ3v) is 16.3. The fourth-order valence-electron chi connectivity index (χ4n) is 9.04. The van der Waals surface area contributed by atoms with Gasteiger partial charge in [0.2, 0.25) is 0 Å². The molecule has 4 N–H and O–H groups in total. The Balaban J connectivity index is 4.66. The number of phosphoric ester groups is 2. The van der Waals surface area contributed by atoms with Crippen molar-refractivity contribution in [1.29, 1.82) is 0 Å². The Bertz CT molecular complexity index is 2230. The number of hydrogen-bond donors (Lipinski definition) is 4. The van der Waals surface area contributed by atoms with Crippen LogP contribution in [0.25, 0.3) is 0 Å². The van der Waals surface area contributed by atoms with E-state index in [2.05, 4.69) is 154 Å². The van der Waals surface area contributed by atoms with Gasteiger partial charge in [0.05, 0.1) is 26.4 Å². The van der Waals surface area contributed by atoms with Crippen molar-refractivity contribution >= 4 is 33.6 Å². The van der Waals surface area contributed by atoms with Crippen molar-refractivity contribution < 1.29 is 75.8 Å². The van der Waals surface area contributed by atoms with E-state index in [9.17, 15) is 43.5 Å². The number of aliphatic hydroxyl groups is 2. The molecule has 0 heterocycles. The first-order valence-corrected chi connectivity index (χ1v) is 38.5. The van der Waals surface area contributed by atoms with Gasteiger partial charge in [-0.05, 0) is 128 Å². The molecule has 16 nitrogen and oxygen atoms in total. The summed E-state index contributed by atoms with van der Waals surface area (Å²) in [4.78, 5) is 58.5. The van der Waals surface area contributed by atoms with Gasteiger partial charge in [0.25, 0.3) is 0 Å². The summed E-state index contributed by atoms with van der Waals surface area (Å²) in [5, 5.41) is 20.6. The Kier molecular flexibility index (Phi) is 64.5. The Labute approximate surface area is 563 Å². The summed E-state index contributed by atoms with van der Waals surface area (Å²) in [5.74, 6) is -1.61. The zero-order chi connectivity index (χ0) is 68.1. The van der Waals surface area contributed by atoms with Gasteiger partial charge in [0.15, 0.2) is 6.10 Å². The molecule has 0 saturated heterocycles. The molecular weight excluding hydrogens is 1220 g/mol. The van der Waals surface area contributed by atoms with Crippen LogP contribution in [0.1, 0.15) is 265 Å². The molecule has 0 aliphatic carbocycles. The van der Waals surface area contributed by atoms with E-state index in [4.69, 9.17) is 32.3 Å². The number of phosphoric acid groups is 2. The second-order valence-corrected chi connectivity index (χ2v) is 26.1. The van der Waals surface area contributed by atoms with Gasteiger partial charge in [-0.3, -0.25) is 32.5 Å². The Hall–Kier alpha value is -4.31. The molecule has 0 rings (SSSR count). The highest BCUT2D eigenvalue weighted by Gasteiger charge is 2.29. The molecule has 5 atom stereocenters. The van der Waals surface area contributed by atoms with Gasteiger partial charge >= 0.3 is 33.6 Å². The van der Waals surface area contributed by atoms with E-state index in [1.54, 1.807) is 0 Å². The molecular formula is C75H126O16P2. The number of unbranched alkanes of at least 4 members (excludes halogenated alkanes) is 21. The number of allylic oxidation sites excluding steroid dienone is 22. The Morgan fingerprint density at radius 1 is 0.301 bits per heavy atom. The standard InChI is InChI=1S/C75H126O16P2/c1-4-7-10-13-16-19-22-25-28-31-32-33-34-35-36-39-41-43-46-49-52-55-58-61-73(78)85-64-70(76)65-87-92(81,82)88-66-71(77)67-89-93(83,84)90-69-72(91-75(80)63-60-57-54-51-48-45-42-38-30-27-24-21-18-15-12-9-6-3)68-86-74(79)62-59-56-53-50-47-44-40-37-29-26-23-20-17-14-11-8-5-2/h7-12,16-21,25-30,32-33,35-36,70-72,76-77H,4-6,13-15,22-24,31,34,37-69H2,1-3H3,(H,81,82)(H,83,84)/b10-7-,11-8-,12-9-,19-16-,20-17-,21-18-,28-25-,29-26-,30-27-,33-32-,36-35-. The maximum Gasteiger partial charge on any atom is 0.472 e. The van der Waals surface area contributed by atoms with Crippen molar-refractivity contribution in [3.63, 3.8) is 0 Å². The largest absolute Gasteiger partial charge is 0.472 e. The third-order valence-electron chi connectivity index (χ3n) is 14.4. The van der Waals surface area contributed by atoms with E-state index in [1.807, 2.05) is 0 Å². The number of ether oxygens (including phenoxy) is 3. The van der Waals surface area contributed by atoms with Crippen molar-refractivity contribution in [1.82, 2.24) is 0 Å². The molecule has 0 aromatic heterocycles. The zero-order valence-corrected chi connectivity index (χ0v) is 59.4. The van der Waals surface area contributed by atoms with Crippen molar-refractivity contribution in [3.8, 4) is 0 Å². The van der Waals surface area contributed by atoms with E-state index in [0.717, 1.165) is 205 Å². The highest BCUT2D eigenvalue weighted by molar-refractivity contribution is 7.47. The van der Waals surface area contributed by atoms with E-state index in [0.29, 0.717) is 19.3 Å². The highest BCUT2D eigenvalue weighted by atomic mass is 31.2. The summed E-state index contributed by atoms with van der Waals surface area (Å²) in [7, 11) is -9.80. The molecule has 0 spiro atoms. The molecule has 0 aliphatic rings. The van der Waals surface area contributed by atoms with Crippen molar-refractivity contribution in [2.45, 2.75) is 283 Å². The minimum absolute atomic E-state index is 0.0875. The molecule has 18 heteroatoms. The van der Waals surface area contributed by atoms with Crippen molar-refractivity contribution in [3.05, 3.63) is 134 Å². The van der Waals surface area contributed by atoms with Gasteiger partial charge in [0, 0.05) is 19.3 Å². The van der Waals surface area contributed by atoms with Gasteiger partial charge in [-0.1, -0.05) is 251 Å². The maximum atomic E-state index is 12.9. The molecule has 5 unspecified atom stereocenters. The van der Waals surface area contributed by atoms with Crippen LogP contribution in [0.3, 0.4) is 0 Å². The lowest BCUT2D eigenvalue weighted by Gasteiger charge is -2.21. The van der Waals surface area contributed by atoms with E-state index in [1.165, 1.54) is 0 Å². The lowest BCUT2D eigenvalue weighted by molar-refractivity contribution is -0.161. The molecule has 93 heavy (non-hydrogen) atoms. The molecule has 0 fully saturated rings. The van der Waals surface area contributed by atoms with Crippen LogP contribution in [0.2, 0.25) is 0 Å². The zero-order valence-electron chi connectivity index (χ0n) is 57.6. The van der Waals surface area contributed by atoms with Crippen LogP contribution in [0.15, 0.2) is 134 Å². The fraction of sp³-hybridized carbons (Fsp3) is 0.667. The van der Waals surface area contributed by atoms with Crippen LogP contribution in [0.5, 0.6) is 0 Å². The van der Waals surface area contributed by atoms with E-state index >= 15 is 0 Å². The molecule has 0 amide bonds. The van der Waals surface area contributed by atoms with Gasteiger partial charge in [-0.2, -0.15) is 0 Å². The monoisotopic (exact) mass is 1340 g/mol. The SMILES string of the molecule is CC/C=C\C/C=C\C/C=C\C/C=C\C/C=C\CCCCCCCCCC(=O)OCC(O)COP(=O)(O)OCC(O)COP(=O)(O)OCC(COC(=O)CCCCCCCCC/C=C\C/C=C\C/C=C\CC)OC(=O)CCCCCCCCC/C=C\C/C=C\C/C=C\CC. The van der Waals surface area contributed by atoms with Crippen molar-refractivity contribution in [2.75, 3.05) is 39.6 Å². The topological polar surface area (TPSA) is 231 Å². The third kappa shape index (κ3) is 68.9. The average molecular weight is 1350 g/mol. The fourth-order valence-corrected chi connectivity index (χ4v) is 10.6. The molecule has 0 radical (unpaired) electrons. The summed E-state index contributed by atoms with van der Waals surface area (Å²) in [6.07, 6.45) is 79.2. The number of hydrogen-bond acceptors (Lipinski definition) is 14. The van der Waals surface area contributed by atoms with Gasteiger partial charge < -0.3 is 34.2 Å². The number of carbonyl (C=O) groups is 3. The van der Waals surface area contributed by atoms with Crippen LogP contribution >= 0.6 is 15.6 Å². The van der Waals surface area contributed by atoms with E-state index in [-0.39, 0.29) is 19.3 Å². The van der Waals surface area contributed by atoms with Crippen LogP contribution in [-0.4, -0.2) is 95.9 Å². The molecule has 0 aromatic carbocycles. The first kappa shape index (κ1) is 88.7. The first-order chi connectivity index (χ1) is 45.2. The predicted molar refractivity (Wildman–Crippen MR) is 380 cm³/mol. The van der Waals surface area contributed by atoms with Crippen LogP contribution < -0.4 is 0 Å². The number of carbonyl (C=O) groups excluding carboxylic acids is 3. The summed E-state index contributed by atoms with van der Waals surface area (Å²) >= 11 is 0. The van der Waals surface area contributed by atoms with Crippen LogP contribution in [-0.2, 0) is 55.8 Å².